The van der Waals surface area contributed by atoms with Crippen LogP contribution in [-0.2, 0) is 0 Å². The number of halogens is 3. The van der Waals surface area contributed by atoms with Gasteiger partial charge in [0.1, 0.15) is 0 Å². The lowest BCUT2D eigenvalue weighted by Crippen LogP contribution is -1.94. The number of benzene rings is 2. The zero-order valence-electron chi connectivity index (χ0n) is 9.25. The summed E-state index contributed by atoms with van der Waals surface area (Å²) in [5, 5.41) is 0.999. The van der Waals surface area contributed by atoms with Crippen molar-refractivity contribution in [3.63, 3.8) is 0 Å². The van der Waals surface area contributed by atoms with Gasteiger partial charge in [-0.1, -0.05) is 53.0 Å². The Labute approximate surface area is 116 Å². The molecule has 0 aliphatic rings. The van der Waals surface area contributed by atoms with Gasteiger partial charge in [0.05, 0.1) is 5.38 Å². The van der Waals surface area contributed by atoms with Crippen molar-refractivity contribution in [2.24, 2.45) is 0 Å². The molecular formula is C14H11Cl3. The minimum atomic E-state index is -0.276. The van der Waals surface area contributed by atoms with Crippen LogP contribution in [0.5, 0.6) is 0 Å². The predicted octanol–water partition coefficient (Wildman–Crippen LogP) is 5.63. The van der Waals surface area contributed by atoms with E-state index in [-0.39, 0.29) is 5.38 Å². The smallest absolute Gasteiger partial charge is 0.0850 e. The van der Waals surface area contributed by atoms with Gasteiger partial charge in [0.2, 0.25) is 0 Å². The first-order valence-corrected chi connectivity index (χ1v) is 6.43. The molecule has 17 heavy (non-hydrogen) atoms. The van der Waals surface area contributed by atoms with Crippen molar-refractivity contribution >= 4 is 34.8 Å². The fourth-order valence-electron chi connectivity index (χ4n) is 1.62. The maximum Gasteiger partial charge on any atom is 0.0850 e. The van der Waals surface area contributed by atoms with E-state index in [0.717, 1.165) is 11.1 Å². The topological polar surface area (TPSA) is 0 Å². The molecule has 0 heterocycles. The number of rotatable bonds is 2. The fraction of sp³-hybridized carbons (Fsp3) is 0.143. The minimum Gasteiger partial charge on any atom is -0.113 e. The summed E-state index contributed by atoms with van der Waals surface area (Å²) >= 11 is 18.5. The maximum atomic E-state index is 6.42. The lowest BCUT2D eigenvalue weighted by molar-refractivity contribution is 1.14. The molecule has 0 saturated heterocycles. The maximum absolute atomic E-state index is 6.42. The van der Waals surface area contributed by atoms with Crippen LogP contribution in [0, 0.1) is 6.92 Å². The molecule has 0 nitrogen and oxygen atoms in total. The molecule has 0 aromatic heterocycles. The van der Waals surface area contributed by atoms with Gasteiger partial charge in [-0.3, -0.25) is 0 Å². The number of alkyl halides is 1. The second kappa shape index (κ2) is 5.30. The van der Waals surface area contributed by atoms with Crippen molar-refractivity contribution in [2.45, 2.75) is 12.3 Å². The van der Waals surface area contributed by atoms with E-state index < -0.39 is 0 Å². The van der Waals surface area contributed by atoms with E-state index in [1.54, 1.807) is 18.2 Å². The molecule has 0 fully saturated rings. The molecule has 0 aliphatic heterocycles. The molecule has 88 valence electrons. The SMILES string of the molecule is Cc1ccc(C(Cl)c2cc(Cl)ccc2Cl)cc1. The van der Waals surface area contributed by atoms with E-state index in [9.17, 15) is 0 Å². The molecule has 0 N–H and O–H groups in total. The van der Waals surface area contributed by atoms with E-state index in [1.807, 2.05) is 31.2 Å². The largest absolute Gasteiger partial charge is 0.113 e. The third kappa shape index (κ3) is 2.95. The molecule has 0 bridgehead atoms. The van der Waals surface area contributed by atoms with Crippen molar-refractivity contribution in [3.05, 3.63) is 69.2 Å². The van der Waals surface area contributed by atoms with Crippen LogP contribution in [0.25, 0.3) is 0 Å². The molecule has 0 saturated carbocycles. The van der Waals surface area contributed by atoms with Gasteiger partial charge >= 0.3 is 0 Å². The Morgan fingerprint density at radius 3 is 2.24 bits per heavy atom. The van der Waals surface area contributed by atoms with Crippen LogP contribution < -0.4 is 0 Å². The average molecular weight is 286 g/mol. The molecule has 0 spiro atoms. The summed E-state index contributed by atoms with van der Waals surface area (Å²) in [5.74, 6) is 0. The molecule has 2 aromatic rings. The molecule has 1 atom stereocenters. The summed E-state index contributed by atoms with van der Waals surface area (Å²) in [6.45, 7) is 2.04. The summed E-state index contributed by atoms with van der Waals surface area (Å²) < 4.78 is 0. The van der Waals surface area contributed by atoms with Gasteiger partial charge in [-0.15, -0.1) is 11.6 Å². The highest BCUT2D eigenvalue weighted by Gasteiger charge is 2.14. The van der Waals surface area contributed by atoms with Crippen LogP contribution >= 0.6 is 34.8 Å². The third-order valence-corrected chi connectivity index (χ3v) is 3.67. The predicted molar refractivity (Wildman–Crippen MR) is 75.3 cm³/mol. The van der Waals surface area contributed by atoms with Gasteiger partial charge in [0.25, 0.3) is 0 Å². The first-order chi connectivity index (χ1) is 8.08. The molecule has 2 aromatic carbocycles. The Balaban J connectivity index is 2.39. The molecule has 0 amide bonds. The Kier molecular flexibility index (Phi) is 3.98. The Hall–Kier alpha value is -0.690. The van der Waals surface area contributed by atoms with Gasteiger partial charge in [-0.05, 0) is 36.2 Å². The van der Waals surface area contributed by atoms with Crippen LogP contribution in [0.15, 0.2) is 42.5 Å². The van der Waals surface area contributed by atoms with Gasteiger partial charge < -0.3 is 0 Å². The summed E-state index contributed by atoms with van der Waals surface area (Å²) in [5.41, 5.74) is 3.06. The summed E-state index contributed by atoms with van der Waals surface area (Å²) in [7, 11) is 0. The number of aryl methyl sites for hydroxylation is 1. The van der Waals surface area contributed by atoms with Crippen LogP contribution in [0.3, 0.4) is 0 Å². The number of hydrogen-bond donors (Lipinski definition) is 0. The Morgan fingerprint density at radius 2 is 1.59 bits per heavy atom. The van der Waals surface area contributed by atoms with Gasteiger partial charge in [-0.2, -0.15) is 0 Å². The van der Waals surface area contributed by atoms with E-state index in [1.165, 1.54) is 5.56 Å². The summed E-state index contributed by atoms with van der Waals surface area (Å²) in [4.78, 5) is 0. The first kappa shape index (κ1) is 12.8. The van der Waals surface area contributed by atoms with Crippen LogP contribution in [0.4, 0.5) is 0 Å². The van der Waals surface area contributed by atoms with E-state index >= 15 is 0 Å². The van der Waals surface area contributed by atoms with Gasteiger partial charge in [0, 0.05) is 10.0 Å². The monoisotopic (exact) mass is 284 g/mol. The zero-order chi connectivity index (χ0) is 12.4. The van der Waals surface area contributed by atoms with Crippen LogP contribution in [-0.4, -0.2) is 0 Å². The highest BCUT2D eigenvalue weighted by Crippen LogP contribution is 2.35. The highest BCUT2D eigenvalue weighted by atomic mass is 35.5. The lowest BCUT2D eigenvalue weighted by Gasteiger charge is -2.12. The van der Waals surface area contributed by atoms with Crippen molar-refractivity contribution in [3.8, 4) is 0 Å². The second-order valence-corrected chi connectivity index (χ2v) is 5.22. The first-order valence-electron chi connectivity index (χ1n) is 5.23. The van der Waals surface area contributed by atoms with Gasteiger partial charge in [-0.25, -0.2) is 0 Å². The highest BCUT2D eigenvalue weighted by molar-refractivity contribution is 6.35. The normalized spacial score (nSPS) is 12.5. The zero-order valence-corrected chi connectivity index (χ0v) is 11.5. The molecule has 0 aliphatic carbocycles. The van der Waals surface area contributed by atoms with Crippen LogP contribution in [0.2, 0.25) is 10.0 Å². The van der Waals surface area contributed by atoms with E-state index in [4.69, 9.17) is 34.8 Å². The Morgan fingerprint density at radius 1 is 0.941 bits per heavy atom. The summed E-state index contributed by atoms with van der Waals surface area (Å²) in [6.07, 6.45) is 0. The van der Waals surface area contributed by atoms with Gasteiger partial charge in [0.15, 0.2) is 0 Å². The average Bonchev–Trinajstić information content (AvgIpc) is 2.32. The van der Waals surface area contributed by atoms with Crippen molar-refractivity contribution in [1.82, 2.24) is 0 Å². The summed E-state index contributed by atoms with van der Waals surface area (Å²) in [6, 6.07) is 13.4. The molecular weight excluding hydrogens is 275 g/mol. The van der Waals surface area contributed by atoms with E-state index in [0.29, 0.717) is 10.0 Å². The number of hydrogen-bond acceptors (Lipinski definition) is 0. The fourth-order valence-corrected chi connectivity index (χ4v) is 2.41. The quantitative estimate of drug-likeness (QED) is 0.627. The van der Waals surface area contributed by atoms with Crippen molar-refractivity contribution in [2.75, 3.05) is 0 Å². The second-order valence-electron chi connectivity index (χ2n) is 3.94. The minimum absolute atomic E-state index is 0.276. The molecule has 0 radical (unpaired) electrons. The third-order valence-electron chi connectivity index (χ3n) is 2.60. The van der Waals surface area contributed by atoms with E-state index in [2.05, 4.69) is 0 Å². The molecule has 1 unspecified atom stereocenters. The van der Waals surface area contributed by atoms with Crippen LogP contribution in [0.1, 0.15) is 22.1 Å². The standard InChI is InChI=1S/C14H11Cl3/c1-9-2-4-10(5-3-9)14(17)12-8-11(15)6-7-13(12)16/h2-8,14H,1H3. The van der Waals surface area contributed by atoms with Crippen molar-refractivity contribution < 1.29 is 0 Å². The Bertz CT molecular complexity index is 517. The molecule has 3 heteroatoms. The lowest BCUT2D eigenvalue weighted by atomic mass is 10.0. The molecule has 2 rings (SSSR count). The van der Waals surface area contributed by atoms with Crippen molar-refractivity contribution in [1.29, 1.82) is 0 Å².